The van der Waals surface area contributed by atoms with Crippen molar-refractivity contribution >= 4 is 17.8 Å². The topological polar surface area (TPSA) is 85.8 Å². The zero-order chi connectivity index (χ0) is 20.9. The summed E-state index contributed by atoms with van der Waals surface area (Å²) in [7, 11) is 0. The number of amides is 1. The van der Waals surface area contributed by atoms with Crippen LogP contribution in [0.3, 0.4) is 0 Å². The number of aliphatic imine (C=N–C) groups is 1. The van der Waals surface area contributed by atoms with Gasteiger partial charge in [-0.25, -0.2) is 9.97 Å². The monoisotopic (exact) mass is 403 g/mol. The lowest BCUT2D eigenvalue weighted by atomic mass is 10.1. The molecule has 2 rings (SSSR count). The van der Waals surface area contributed by atoms with Gasteiger partial charge < -0.3 is 20.4 Å². The van der Waals surface area contributed by atoms with E-state index in [0.717, 1.165) is 50.4 Å². The maximum atomic E-state index is 12.5. The van der Waals surface area contributed by atoms with Crippen LogP contribution < -0.4 is 15.5 Å². The predicted molar refractivity (Wildman–Crippen MR) is 118 cm³/mol. The summed E-state index contributed by atoms with van der Waals surface area (Å²) in [6, 6.07) is 1.81. The standard InChI is InChI=1S/C21H37N7O/c1-4-22-20(23-10-6-5-8-18(2)3)24-13-9-19(29)27-14-16-28(17-15-27)21-25-11-7-12-26-21/h7,11-12,18H,4-6,8-10,13-17H2,1-3H3,(H2,22,23,24). The molecule has 1 aromatic heterocycles. The number of piperazine rings is 1. The molecule has 29 heavy (non-hydrogen) atoms. The number of rotatable bonds is 10. The SMILES string of the molecule is CCNC(=NCCCCC(C)C)NCCC(=O)N1CCN(c2ncccn2)CC1. The molecule has 8 nitrogen and oxygen atoms in total. The molecule has 0 aromatic carbocycles. The van der Waals surface area contributed by atoms with Crippen LogP contribution in [0.1, 0.15) is 46.5 Å². The minimum absolute atomic E-state index is 0.180. The molecule has 1 aliphatic heterocycles. The van der Waals surface area contributed by atoms with E-state index in [1.165, 1.54) is 12.8 Å². The van der Waals surface area contributed by atoms with Gasteiger partial charge in [0.2, 0.25) is 11.9 Å². The Hall–Kier alpha value is -2.38. The van der Waals surface area contributed by atoms with Gasteiger partial charge in [-0.15, -0.1) is 0 Å². The number of carbonyl (C=O) groups excluding carboxylic acids is 1. The Morgan fingerprint density at radius 3 is 2.52 bits per heavy atom. The van der Waals surface area contributed by atoms with Crippen LogP contribution in [0.5, 0.6) is 0 Å². The van der Waals surface area contributed by atoms with E-state index in [2.05, 4.69) is 51.3 Å². The number of hydrogen-bond donors (Lipinski definition) is 2. The smallest absolute Gasteiger partial charge is 0.225 e. The second-order valence-electron chi connectivity index (χ2n) is 7.74. The van der Waals surface area contributed by atoms with E-state index in [-0.39, 0.29) is 5.91 Å². The highest BCUT2D eigenvalue weighted by molar-refractivity contribution is 5.81. The van der Waals surface area contributed by atoms with Gasteiger partial charge in [-0.3, -0.25) is 9.79 Å². The summed E-state index contributed by atoms with van der Waals surface area (Å²) in [4.78, 5) is 29.8. The average molecular weight is 404 g/mol. The molecule has 8 heteroatoms. The maximum Gasteiger partial charge on any atom is 0.225 e. The Balaban J connectivity index is 1.66. The molecular weight excluding hydrogens is 366 g/mol. The van der Waals surface area contributed by atoms with Crippen LogP contribution in [-0.4, -0.2) is 72.5 Å². The van der Waals surface area contributed by atoms with Crippen molar-refractivity contribution in [2.24, 2.45) is 10.9 Å². The zero-order valence-corrected chi connectivity index (χ0v) is 18.2. The van der Waals surface area contributed by atoms with Crippen LogP contribution in [0.15, 0.2) is 23.5 Å². The van der Waals surface area contributed by atoms with E-state index >= 15 is 0 Å². The largest absolute Gasteiger partial charge is 0.357 e. The van der Waals surface area contributed by atoms with Gasteiger partial charge in [0.05, 0.1) is 0 Å². The Kier molecular flexibility index (Phi) is 10.2. The highest BCUT2D eigenvalue weighted by Crippen LogP contribution is 2.10. The van der Waals surface area contributed by atoms with Gasteiger partial charge in [-0.05, 0) is 25.3 Å². The second kappa shape index (κ2) is 13.0. The summed E-state index contributed by atoms with van der Waals surface area (Å²) in [6.45, 7) is 11.7. The Labute approximate surface area is 175 Å². The first kappa shape index (κ1) is 22.9. The van der Waals surface area contributed by atoms with E-state index in [4.69, 9.17) is 0 Å². The Morgan fingerprint density at radius 2 is 1.86 bits per heavy atom. The first-order valence-corrected chi connectivity index (χ1v) is 10.9. The van der Waals surface area contributed by atoms with E-state index in [1.54, 1.807) is 12.4 Å². The fraction of sp³-hybridized carbons (Fsp3) is 0.714. The third-order valence-corrected chi connectivity index (χ3v) is 4.90. The van der Waals surface area contributed by atoms with Crippen LogP contribution in [0, 0.1) is 5.92 Å². The van der Waals surface area contributed by atoms with Gasteiger partial charge in [0, 0.05) is 64.6 Å². The molecule has 0 bridgehead atoms. The van der Waals surface area contributed by atoms with E-state index in [9.17, 15) is 4.79 Å². The van der Waals surface area contributed by atoms with Gasteiger partial charge in [0.1, 0.15) is 0 Å². The molecule has 1 aliphatic rings. The number of nitrogens with zero attached hydrogens (tertiary/aromatic N) is 5. The van der Waals surface area contributed by atoms with Gasteiger partial charge >= 0.3 is 0 Å². The van der Waals surface area contributed by atoms with Gasteiger partial charge in [-0.2, -0.15) is 0 Å². The molecule has 2 N–H and O–H groups in total. The highest BCUT2D eigenvalue weighted by Gasteiger charge is 2.22. The number of aromatic nitrogens is 2. The predicted octanol–water partition coefficient (Wildman–Crippen LogP) is 1.90. The van der Waals surface area contributed by atoms with Crippen molar-refractivity contribution in [1.29, 1.82) is 0 Å². The van der Waals surface area contributed by atoms with Crippen LogP contribution in [0.4, 0.5) is 5.95 Å². The number of nitrogens with one attached hydrogen (secondary N) is 2. The fourth-order valence-corrected chi connectivity index (χ4v) is 3.25. The lowest BCUT2D eigenvalue weighted by Gasteiger charge is -2.34. The number of anilines is 1. The Bertz CT molecular complexity index is 613. The number of carbonyl (C=O) groups is 1. The zero-order valence-electron chi connectivity index (χ0n) is 18.2. The lowest BCUT2D eigenvalue weighted by molar-refractivity contribution is -0.131. The molecule has 0 spiro atoms. The molecule has 2 heterocycles. The third kappa shape index (κ3) is 8.66. The molecule has 0 unspecified atom stereocenters. The molecule has 162 valence electrons. The molecule has 0 saturated carbocycles. The van der Waals surface area contributed by atoms with Crippen molar-refractivity contribution in [2.45, 2.75) is 46.5 Å². The molecule has 0 radical (unpaired) electrons. The quantitative estimate of drug-likeness (QED) is 0.353. The maximum absolute atomic E-state index is 12.5. The first-order valence-electron chi connectivity index (χ1n) is 10.9. The first-order chi connectivity index (χ1) is 14.1. The van der Waals surface area contributed by atoms with Crippen LogP contribution in [0.25, 0.3) is 0 Å². The molecule has 1 amide bonds. The van der Waals surface area contributed by atoms with E-state index in [1.807, 2.05) is 11.0 Å². The van der Waals surface area contributed by atoms with Crippen LogP contribution in [0.2, 0.25) is 0 Å². The third-order valence-electron chi connectivity index (χ3n) is 4.90. The minimum Gasteiger partial charge on any atom is -0.357 e. The normalized spacial score (nSPS) is 15.0. The molecule has 0 atom stereocenters. The highest BCUT2D eigenvalue weighted by atomic mass is 16.2. The van der Waals surface area contributed by atoms with Crippen molar-refractivity contribution in [3.63, 3.8) is 0 Å². The molecule has 1 saturated heterocycles. The van der Waals surface area contributed by atoms with Crippen molar-refractivity contribution in [3.8, 4) is 0 Å². The lowest BCUT2D eigenvalue weighted by Crippen LogP contribution is -2.50. The van der Waals surface area contributed by atoms with Crippen molar-refractivity contribution < 1.29 is 4.79 Å². The summed E-state index contributed by atoms with van der Waals surface area (Å²) < 4.78 is 0. The number of hydrogen-bond acceptors (Lipinski definition) is 5. The Morgan fingerprint density at radius 1 is 1.14 bits per heavy atom. The number of guanidine groups is 1. The molecule has 1 aromatic rings. The summed E-state index contributed by atoms with van der Waals surface area (Å²) in [5.41, 5.74) is 0. The summed E-state index contributed by atoms with van der Waals surface area (Å²) in [6.07, 6.45) is 7.53. The molecule has 0 aliphatic carbocycles. The second-order valence-corrected chi connectivity index (χ2v) is 7.74. The van der Waals surface area contributed by atoms with E-state index < -0.39 is 0 Å². The van der Waals surface area contributed by atoms with Crippen molar-refractivity contribution in [3.05, 3.63) is 18.5 Å². The van der Waals surface area contributed by atoms with E-state index in [0.29, 0.717) is 26.1 Å². The van der Waals surface area contributed by atoms with Crippen LogP contribution in [-0.2, 0) is 4.79 Å². The molecular formula is C21H37N7O. The summed E-state index contributed by atoms with van der Waals surface area (Å²) in [5, 5.41) is 6.54. The van der Waals surface area contributed by atoms with Gasteiger partial charge in [-0.1, -0.05) is 26.7 Å². The molecule has 1 fully saturated rings. The minimum atomic E-state index is 0.180. The van der Waals surface area contributed by atoms with Gasteiger partial charge in [0.25, 0.3) is 0 Å². The number of unbranched alkanes of at least 4 members (excludes halogenated alkanes) is 1. The summed E-state index contributed by atoms with van der Waals surface area (Å²) >= 11 is 0. The van der Waals surface area contributed by atoms with Crippen LogP contribution >= 0.6 is 0 Å². The van der Waals surface area contributed by atoms with Gasteiger partial charge in [0.15, 0.2) is 5.96 Å². The summed E-state index contributed by atoms with van der Waals surface area (Å²) in [5.74, 6) is 2.47. The van der Waals surface area contributed by atoms with Crippen molar-refractivity contribution in [1.82, 2.24) is 25.5 Å². The van der Waals surface area contributed by atoms with Crippen molar-refractivity contribution in [2.75, 3.05) is 50.7 Å². The average Bonchev–Trinajstić information content (AvgIpc) is 2.74. The fourth-order valence-electron chi connectivity index (χ4n) is 3.25.